The molecule has 128 valence electrons. The van der Waals surface area contributed by atoms with Gasteiger partial charge in [0.2, 0.25) is 0 Å². The summed E-state index contributed by atoms with van der Waals surface area (Å²) in [6, 6.07) is 4.53. The molecule has 1 aromatic carbocycles. The van der Waals surface area contributed by atoms with Crippen molar-refractivity contribution in [3.05, 3.63) is 47.1 Å². The first-order valence-electron chi connectivity index (χ1n) is 9.05. The van der Waals surface area contributed by atoms with Crippen molar-refractivity contribution in [3.8, 4) is 5.69 Å². The second-order valence-corrected chi connectivity index (χ2v) is 8.61. The molecule has 0 saturated carbocycles. The van der Waals surface area contributed by atoms with E-state index in [1.165, 1.54) is 28.0 Å². The number of rotatable bonds is 0. The predicted octanol–water partition coefficient (Wildman–Crippen LogP) is 3.56. The summed E-state index contributed by atoms with van der Waals surface area (Å²) in [5.41, 5.74) is 7.79. The van der Waals surface area contributed by atoms with Crippen LogP contribution in [-0.4, -0.2) is 14.2 Å². The third kappa shape index (κ3) is 1.54. The maximum Gasteiger partial charge on any atom is 0.196 e. The normalized spacial score (nSPS) is 19.1. The predicted molar refractivity (Wildman–Crippen MR) is 100 cm³/mol. The molecule has 0 spiro atoms. The van der Waals surface area contributed by atoms with Gasteiger partial charge >= 0.3 is 0 Å². The van der Waals surface area contributed by atoms with Crippen LogP contribution in [0.3, 0.4) is 0 Å². The Labute approximate surface area is 148 Å². The molecule has 2 aliphatic heterocycles. The summed E-state index contributed by atoms with van der Waals surface area (Å²) in [5, 5.41) is 0. The number of nitrogens with zero attached hydrogens (tertiary/aromatic N) is 4. The van der Waals surface area contributed by atoms with Gasteiger partial charge in [-0.05, 0) is 18.6 Å². The summed E-state index contributed by atoms with van der Waals surface area (Å²) in [4.78, 5) is 4.93. The van der Waals surface area contributed by atoms with Crippen LogP contribution in [0.25, 0.3) is 22.9 Å². The van der Waals surface area contributed by atoms with Gasteiger partial charge in [-0.25, -0.2) is 4.98 Å². The highest BCUT2D eigenvalue weighted by Gasteiger charge is 2.51. The van der Waals surface area contributed by atoms with E-state index >= 15 is 0 Å². The molecule has 0 radical (unpaired) electrons. The standard InChI is InChI=1S/C21H25N4/c1-13-12-14-19(24-10-7-8-16(24)22-14)17-18(13)25-15(9-11-23(25)6)20(2,3)21(17,4)5/h7,9-12H,8H2,1-6H3/q+1. The maximum atomic E-state index is 4.93. The van der Waals surface area contributed by atoms with Crippen LogP contribution in [0.15, 0.2) is 24.4 Å². The zero-order valence-corrected chi connectivity index (χ0v) is 15.9. The molecule has 4 heterocycles. The lowest BCUT2D eigenvalue weighted by Crippen LogP contribution is -2.51. The number of fused-ring (bicyclic) bond motifs is 7. The molecule has 0 N–H and O–H groups in total. The fourth-order valence-corrected chi connectivity index (χ4v) is 4.73. The fourth-order valence-electron chi connectivity index (χ4n) is 4.73. The van der Waals surface area contributed by atoms with E-state index in [1.54, 1.807) is 0 Å². The summed E-state index contributed by atoms with van der Waals surface area (Å²) >= 11 is 0. The molecule has 5 rings (SSSR count). The van der Waals surface area contributed by atoms with Crippen molar-refractivity contribution in [1.29, 1.82) is 0 Å². The molecule has 0 atom stereocenters. The largest absolute Gasteiger partial charge is 0.303 e. The SMILES string of the molecule is Cc1cc2nc3n(c2c2c1-n1c(cc[n+]1C)C(C)(C)C2(C)C)C=CC3. The third-order valence-electron chi connectivity index (χ3n) is 6.80. The highest BCUT2D eigenvalue weighted by molar-refractivity contribution is 5.89. The van der Waals surface area contributed by atoms with Crippen molar-refractivity contribution in [3.63, 3.8) is 0 Å². The van der Waals surface area contributed by atoms with Crippen molar-refractivity contribution in [2.75, 3.05) is 0 Å². The Morgan fingerprint density at radius 2 is 1.92 bits per heavy atom. The van der Waals surface area contributed by atoms with Gasteiger partial charge in [0, 0.05) is 35.1 Å². The van der Waals surface area contributed by atoms with Crippen LogP contribution in [0.1, 0.15) is 50.3 Å². The highest BCUT2D eigenvalue weighted by Crippen LogP contribution is 2.52. The van der Waals surface area contributed by atoms with Crippen LogP contribution in [0, 0.1) is 6.92 Å². The summed E-state index contributed by atoms with van der Waals surface area (Å²) < 4.78 is 6.91. The fraction of sp³-hybridized carbons (Fsp3) is 0.429. The van der Waals surface area contributed by atoms with E-state index in [0.717, 1.165) is 17.8 Å². The zero-order chi connectivity index (χ0) is 17.7. The molecule has 0 amide bonds. The molecular formula is C21H25N4+. The van der Waals surface area contributed by atoms with Crippen molar-refractivity contribution in [1.82, 2.24) is 14.2 Å². The van der Waals surface area contributed by atoms with Gasteiger partial charge in [-0.3, -0.25) is 0 Å². The molecule has 4 heteroatoms. The average molecular weight is 333 g/mol. The molecule has 4 nitrogen and oxygen atoms in total. The van der Waals surface area contributed by atoms with Crippen molar-refractivity contribution >= 4 is 17.2 Å². The van der Waals surface area contributed by atoms with Crippen molar-refractivity contribution in [2.45, 2.75) is 51.9 Å². The number of benzene rings is 1. The quantitative estimate of drug-likeness (QED) is 0.578. The Hall–Kier alpha value is -2.36. The molecule has 0 aliphatic carbocycles. The molecule has 2 aromatic heterocycles. The number of imidazole rings is 1. The highest BCUT2D eigenvalue weighted by atomic mass is 15.4. The third-order valence-corrected chi connectivity index (χ3v) is 6.80. The van der Waals surface area contributed by atoms with Crippen molar-refractivity contribution in [2.24, 2.45) is 7.05 Å². The van der Waals surface area contributed by atoms with Gasteiger partial charge in [0.05, 0.1) is 16.7 Å². The maximum absolute atomic E-state index is 4.93. The summed E-state index contributed by atoms with van der Waals surface area (Å²) in [5.74, 6) is 1.15. The lowest BCUT2D eigenvalue weighted by Gasteiger charge is -2.46. The molecule has 3 aromatic rings. The second kappa shape index (κ2) is 4.24. The first kappa shape index (κ1) is 14.9. The van der Waals surface area contributed by atoms with Crippen molar-refractivity contribution < 1.29 is 4.68 Å². The molecule has 0 saturated heterocycles. The average Bonchev–Trinajstić information content (AvgIpc) is 3.19. The number of allylic oxidation sites excluding steroid dienone is 1. The number of hydrogen-bond donors (Lipinski definition) is 0. The minimum atomic E-state index is -0.0127. The van der Waals surface area contributed by atoms with Gasteiger partial charge < -0.3 is 4.57 Å². The van der Waals surface area contributed by atoms with Gasteiger partial charge in [-0.15, -0.1) is 9.36 Å². The molecule has 25 heavy (non-hydrogen) atoms. The van der Waals surface area contributed by atoms with Crippen LogP contribution < -0.4 is 4.68 Å². The first-order valence-corrected chi connectivity index (χ1v) is 9.05. The van der Waals surface area contributed by atoms with Gasteiger partial charge in [-0.2, -0.15) is 0 Å². The van der Waals surface area contributed by atoms with Crippen LogP contribution in [0.4, 0.5) is 0 Å². The van der Waals surface area contributed by atoms with Gasteiger partial charge in [0.1, 0.15) is 11.5 Å². The molecule has 0 bridgehead atoms. The van der Waals surface area contributed by atoms with E-state index in [9.17, 15) is 0 Å². The number of aryl methyl sites for hydroxylation is 2. The zero-order valence-electron chi connectivity index (χ0n) is 15.9. The monoisotopic (exact) mass is 333 g/mol. The minimum absolute atomic E-state index is 0.00894. The number of hydrogen-bond acceptors (Lipinski definition) is 1. The second-order valence-electron chi connectivity index (χ2n) is 8.61. The van der Waals surface area contributed by atoms with Crippen LogP contribution in [0.2, 0.25) is 0 Å². The minimum Gasteiger partial charge on any atom is -0.303 e. The Kier molecular flexibility index (Phi) is 2.53. The van der Waals surface area contributed by atoms with Crippen LogP contribution in [-0.2, 0) is 24.3 Å². The molecule has 0 unspecified atom stereocenters. The van der Waals surface area contributed by atoms with E-state index in [2.05, 4.69) is 86.2 Å². The van der Waals surface area contributed by atoms with E-state index in [0.29, 0.717) is 0 Å². The van der Waals surface area contributed by atoms with Crippen LogP contribution in [0.5, 0.6) is 0 Å². The van der Waals surface area contributed by atoms with E-state index in [-0.39, 0.29) is 10.8 Å². The Balaban J connectivity index is 2.06. The van der Waals surface area contributed by atoms with E-state index in [4.69, 9.17) is 4.98 Å². The lowest BCUT2D eigenvalue weighted by molar-refractivity contribution is -0.745. The van der Waals surface area contributed by atoms with Gasteiger partial charge in [0.25, 0.3) is 0 Å². The topological polar surface area (TPSA) is 26.6 Å². The Morgan fingerprint density at radius 1 is 1.16 bits per heavy atom. The van der Waals surface area contributed by atoms with E-state index in [1.807, 2.05) is 0 Å². The molecule has 0 fully saturated rings. The molecule has 2 aliphatic rings. The van der Waals surface area contributed by atoms with Gasteiger partial charge in [0.15, 0.2) is 13.2 Å². The Bertz CT molecular complexity index is 1090. The lowest BCUT2D eigenvalue weighted by atomic mass is 9.60. The Morgan fingerprint density at radius 3 is 2.68 bits per heavy atom. The smallest absolute Gasteiger partial charge is 0.196 e. The van der Waals surface area contributed by atoms with E-state index < -0.39 is 0 Å². The molecular weight excluding hydrogens is 308 g/mol. The summed E-state index contributed by atoms with van der Waals surface area (Å²) in [6.45, 7) is 11.7. The summed E-state index contributed by atoms with van der Waals surface area (Å²) in [6.07, 6.45) is 7.49. The van der Waals surface area contributed by atoms with Crippen LogP contribution >= 0.6 is 0 Å². The summed E-state index contributed by atoms with van der Waals surface area (Å²) in [7, 11) is 2.13. The number of aromatic nitrogens is 4. The van der Waals surface area contributed by atoms with Gasteiger partial charge in [-0.1, -0.05) is 33.8 Å². The first-order chi connectivity index (χ1) is 11.7.